The number of ketones is 1. The van der Waals surface area contributed by atoms with Crippen LogP contribution in [0, 0.1) is 24.2 Å². The van der Waals surface area contributed by atoms with E-state index in [2.05, 4.69) is 15.3 Å². The molecule has 0 spiro atoms. The van der Waals surface area contributed by atoms with E-state index in [0.717, 1.165) is 29.5 Å². The van der Waals surface area contributed by atoms with E-state index in [-0.39, 0.29) is 30.4 Å². The first-order valence-electron chi connectivity index (χ1n) is 10.5. The van der Waals surface area contributed by atoms with Crippen molar-refractivity contribution in [3.05, 3.63) is 76.1 Å². The van der Waals surface area contributed by atoms with Gasteiger partial charge in [-0.2, -0.15) is 5.26 Å². The molecule has 1 saturated carbocycles. The lowest BCUT2D eigenvalue weighted by Gasteiger charge is -2.10. The lowest BCUT2D eigenvalue weighted by molar-refractivity contribution is -0.118. The third kappa shape index (κ3) is 5.93. The van der Waals surface area contributed by atoms with Crippen LogP contribution in [-0.2, 0) is 22.4 Å². The minimum atomic E-state index is -0.0345. The molecule has 0 unspecified atom stereocenters. The first-order chi connectivity index (χ1) is 15.9. The average molecular weight is 461 g/mol. The molecule has 166 valence electrons. The Balaban J connectivity index is 1.38. The molecule has 3 aromatic rings. The molecule has 2 aromatic carbocycles. The number of halogens is 1. The van der Waals surface area contributed by atoms with Crippen molar-refractivity contribution in [2.75, 3.05) is 5.32 Å². The molecule has 0 radical (unpaired) electrons. The number of amides is 1. The third-order valence-electron chi connectivity index (χ3n) is 5.32. The summed E-state index contributed by atoms with van der Waals surface area (Å²) in [5.41, 5.74) is 2.97. The molecule has 1 N–H and O–H groups in total. The summed E-state index contributed by atoms with van der Waals surface area (Å²) >= 11 is 6.06. The summed E-state index contributed by atoms with van der Waals surface area (Å²) in [7, 11) is 0. The van der Waals surface area contributed by atoms with Crippen LogP contribution in [0.1, 0.15) is 35.1 Å². The van der Waals surface area contributed by atoms with Crippen LogP contribution >= 0.6 is 11.6 Å². The van der Waals surface area contributed by atoms with Crippen molar-refractivity contribution in [1.82, 2.24) is 9.97 Å². The Kier molecular flexibility index (Phi) is 6.66. The molecule has 1 aromatic heterocycles. The van der Waals surface area contributed by atoms with Crippen LogP contribution in [-0.4, -0.2) is 21.7 Å². The predicted molar refractivity (Wildman–Crippen MR) is 123 cm³/mol. The van der Waals surface area contributed by atoms with Gasteiger partial charge in [0.25, 0.3) is 0 Å². The van der Waals surface area contributed by atoms with Gasteiger partial charge in [-0.25, -0.2) is 9.97 Å². The van der Waals surface area contributed by atoms with E-state index in [4.69, 9.17) is 21.6 Å². The molecule has 33 heavy (non-hydrogen) atoms. The predicted octanol–water partition coefficient (Wildman–Crippen LogP) is 4.81. The highest BCUT2D eigenvalue weighted by molar-refractivity contribution is 6.31. The summed E-state index contributed by atoms with van der Waals surface area (Å²) < 4.78 is 5.82. The van der Waals surface area contributed by atoms with Crippen LogP contribution in [0.5, 0.6) is 11.6 Å². The van der Waals surface area contributed by atoms with Gasteiger partial charge in [0.05, 0.1) is 10.6 Å². The highest BCUT2D eigenvalue weighted by Crippen LogP contribution is 2.30. The summed E-state index contributed by atoms with van der Waals surface area (Å²) in [6.07, 6.45) is 3.67. The van der Waals surface area contributed by atoms with Crippen LogP contribution in [0.3, 0.4) is 0 Å². The number of hydrogen-bond acceptors (Lipinski definition) is 6. The van der Waals surface area contributed by atoms with Gasteiger partial charge in [-0.05, 0) is 60.7 Å². The van der Waals surface area contributed by atoms with Gasteiger partial charge in [0.1, 0.15) is 29.7 Å². The fourth-order valence-electron chi connectivity index (χ4n) is 3.35. The van der Waals surface area contributed by atoms with Crippen molar-refractivity contribution in [2.24, 2.45) is 5.92 Å². The fourth-order valence-corrected chi connectivity index (χ4v) is 3.60. The van der Waals surface area contributed by atoms with Gasteiger partial charge < -0.3 is 10.1 Å². The van der Waals surface area contributed by atoms with Gasteiger partial charge in [0, 0.05) is 24.8 Å². The maximum Gasteiger partial charge on any atom is 0.228 e. The van der Waals surface area contributed by atoms with Gasteiger partial charge in [-0.3, -0.25) is 9.59 Å². The molecule has 4 rings (SSSR count). The molecule has 0 atom stereocenters. The molecular weight excluding hydrogens is 440 g/mol. The number of carbonyl (C=O) groups excluding carboxylic acids is 2. The van der Waals surface area contributed by atoms with Crippen LogP contribution in [0.2, 0.25) is 5.02 Å². The zero-order chi connectivity index (χ0) is 23.4. The number of ether oxygens (including phenoxy) is 1. The second-order valence-electron chi connectivity index (χ2n) is 8.01. The van der Waals surface area contributed by atoms with Crippen molar-refractivity contribution in [3.8, 4) is 17.7 Å². The Hall–Kier alpha value is -3.76. The second-order valence-corrected chi connectivity index (χ2v) is 8.42. The standard InChI is InChI=1S/C25H21ClN4O3/c1-15-8-21(33-24-12-23(28-14-29-24)30-25(32)17-4-5-17)7-6-18(15)11-20(31)9-16-2-3-19(13-27)22(26)10-16/h2-3,6-8,10,12,14,17H,4-5,9,11H2,1H3,(H,28,29,30,32). The van der Waals surface area contributed by atoms with Gasteiger partial charge in [0.2, 0.25) is 11.8 Å². The van der Waals surface area contributed by atoms with Crippen molar-refractivity contribution in [2.45, 2.75) is 32.6 Å². The summed E-state index contributed by atoms with van der Waals surface area (Å²) in [5, 5.41) is 12.1. The molecule has 1 aliphatic carbocycles. The summed E-state index contributed by atoms with van der Waals surface area (Å²) in [4.78, 5) is 32.6. The smallest absolute Gasteiger partial charge is 0.228 e. The van der Waals surface area contributed by atoms with E-state index in [1.165, 1.54) is 6.33 Å². The van der Waals surface area contributed by atoms with Gasteiger partial charge in [-0.15, -0.1) is 0 Å². The van der Waals surface area contributed by atoms with Gasteiger partial charge >= 0.3 is 0 Å². The van der Waals surface area contributed by atoms with Crippen molar-refractivity contribution in [3.63, 3.8) is 0 Å². The maximum absolute atomic E-state index is 12.6. The summed E-state index contributed by atoms with van der Waals surface area (Å²) in [5.74, 6) is 1.37. The number of anilines is 1. The van der Waals surface area contributed by atoms with Crippen molar-refractivity contribution in [1.29, 1.82) is 5.26 Å². The van der Waals surface area contributed by atoms with E-state index in [0.29, 0.717) is 28.0 Å². The molecule has 0 bridgehead atoms. The number of carbonyl (C=O) groups is 2. The van der Waals surface area contributed by atoms with Gasteiger partial charge in [-0.1, -0.05) is 23.7 Å². The van der Waals surface area contributed by atoms with Crippen molar-refractivity contribution >= 4 is 29.1 Å². The number of nitrogens with zero attached hydrogens (tertiary/aromatic N) is 3. The minimum Gasteiger partial charge on any atom is -0.439 e. The molecule has 1 fully saturated rings. The minimum absolute atomic E-state index is 0.0345. The second kappa shape index (κ2) is 9.80. The normalized spacial score (nSPS) is 12.6. The number of rotatable bonds is 8. The number of nitrogens with one attached hydrogen (secondary N) is 1. The topological polar surface area (TPSA) is 105 Å². The zero-order valence-corrected chi connectivity index (χ0v) is 18.7. The third-order valence-corrected chi connectivity index (χ3v) is 5.63. The lowest BCUT2D eigenvalue weighted by Crippen LogP contribution is -2.14. The van der Waals surface area contributed by atoms with E-state index < -0.39 is 0 Å². The zero-order valence-electron chi connectivity index (χ0n) is 18.0. The monoisotopic (exact) mass is 460 g/mol. The highest BCUT2D eigenvalue weighted by atomic mass is 35.5. The van der Waals surface area contributed by atoms with E-state index >= 15 is 0 Å². The van der Waals surface area contributed by atoms with E-state index in [1.54, 1.807) is 30.3 Å². The Bertz CT molecular complexity index is 1260. The SMILES string of the molecule is Cc1cc(Oc2cc(NC(=O)C3CC3)ncn2)ccc1CC(=O)Cc1ccc(C#N)c(Cl)c1. The number of Topliss-reactive ketones (excluding diaryl/α,β-unsaturated/α-hetero) is 1. The van der Waals surface area contributed by atoms with Crippen LogP contribution in [0.4, 0.5) is 5.82 Å². The lowest BCUT2D eigenvalue weighted by atomic mass is 9.99. The number of benzene rings is 2. The molecule has 8 heteroatoms. The molecule has 1 heterocycles. The fraction of sp³-hybridized carbons (Fsp3) is 0.240. The first-order valence-corrected chi connectivity index (χ1v) is 10.9. The van der Waals surface area contributed by atoms with Crippen LogP contribution < -0.4 is 10.1 Å². The Morgan fingerprint density at radius 1 is 1.15 bits per heavy atom. The first kappa shape index (κ1) is 22.4. The average Bonchev–Trinajstić information content (AvgIpc) is 3.62. The van der Waals surface area contributed by atoms with E-state index in [1.807, 2.05) is 25.1 Å². The molecule has 7 nitrogen and oxygen atoms in total. The van der Waals surface area contributed by atoms with Crippen LogP contribution in [0.15, 0.2) is 48.8 Å². The van der Waals surface area contributed by atoms with Crippen molar-refractivity contribution < 1.29 is 14.3 Å². The Labute approximate surface area is 196 Å². The number of aryl methyl sites for hydroxylation is 1. The molecule has 0 saturated heterocycles. The molecule has 0 aliphatic heterocycles. The van der Waals surface area contributed by atoms with Gasteiger partial charge in [0.15, 0.2) is 0 Å². The molecule has 1 amide bonds. The van der Waals surface area contributed by atoms with E-state index in [9.17, 15) is 9.59 Å². The Morgan fingerprint density at radius 2 is 1.97 bits per heavy atom. The number of nitriles is 1. The quantitative estimate of drug-likeness (QED) is 0.517. The highest BCUT2D eigenvalue weighted by Gasteiger charge is 2.29. The Morgan fingerprint density at radius 3 is 2.67 bits per heavy atom. The molecule has 1 aliphatic rings. The number of aromatic nitrogens is 2. The molecular formula is C25H21ClN4O3. The summed E-state index contributed by atoms with van der Waals surface area (Å²) in [6.45, 7) is 1.91. The number of hydrogen-bond donors (Lipinski definition) is 1. The largest absolute Gasteiger partial charge is 0.439 e. The summed E-state index contributed by atoms with van der Waals surface area (Å²) in [6, 6.07) is 14.1. The maximum atomic E-state index is 12.6. The van der Waals surface area contributed by atoms with Crippen LogP contribution in [0.25, 0.3) is 0 Å².